The fourth-order valence-corrected chi connectivity index (χ4v) is 3.86. The highest BCUT2D eigenvalue weighted by Crippen LogP contribution is 2.31. The van der Waals surface area contributed by atoms with Crippen LogP contribution >= 0.6 is 15.9 Å². The Kier molecular flexibility index (Phi) is 6.98. The molecule has 152 valence electrons. The second-order valence-corrected chi connectivity index (χ2v) is 7.70. The van der Waals surface area contributed by atoms with E-state index in [1.54, 1.807) is 30.3 Å². The lowest BCUT2D eigenvalue weighted by Crippen LogP contribution is -2.25. The Morgan fingerprint density at radius 1 is 1.07 bits per heavy atom. The molecule has 0 amide bonds. The van der Waals surface area contributed by atoms with Gasteiger partial charge in [0.2, 0.25) is 5.78 Å². The van der Waals surface area contributed by atoms with Crippen molar-refractivity contribution in [3.8, 4) is 0 Å². The highest BCUT2D eigenvalue weighted by atomic mass is 79.9. The van der Waals surface area contributed by atoms with Crippen molar-refractivity contribution in [3.63, 3.8) is 0 Å². The molecule has 7 nitrogen and oxygen atoms in total. The van der Waals surface area contributed by atoms with Gasteiger partial charge in [0.05, 0.1) is 10.5 Å². The van der Waals surface area contributed by atoms with E-state index in [4.69, 9.17) is 4.74 Å². The molecule has 0 saturated carbocycles. The van der Waals surface area contributed by atoms with Crippen molar-refractivity contribution in [1.29, 1.82) is 0 Å². The van der Waals surface area contributed by atoms with Crippen molar-refractivity contribution in [2.45, 2.75) is 25.7 Å². The molecule has 0 spiro atoms. The summed E-state index contributed by atoms with van der Waals surface area (Å²) in [5.74, 6) is -1.13. The summed E-state index contributed by atoms with van der Waals surface area (Å²) >= 11 is 3.28. The number of benzene rings is 2. The van der Waals surface area contributed by atoms with Gasteiger partial charge in [0.1, 0.15) is 5.69 Å². The zero-order chi connectivity index (χ0) is 20.8. The maximum absolute atomic E-state index is 12.4. The Balaban J connectivity index is 1.73. The maximum Gasteiger partial charge on any atom is 0.338 e. The molecule has 1 saturated heterocycles. The van der Waals surface area contributed by atoms with Gasteiger partial charge < -0.3 is 9.64 Å². The SMILES string of the molecule is O=C(OCC(=O)c1ccccc1Br)c1ccc(N2CCCCCC2)c([N+](=O)[O-])c1. The van der Waals surface area contributed by atoms with Gasteiger partial charge in [-0.25, -0.2) is 4.79 Å². The van der Waals surface area contributed by atoms with Crippen LogP contribution in [-0.4, -0.2) is 36.4 Å². The number of nitro groups is 1. The lowest BCUT2D eigenvalue weighted by Gasteiger charge is -2.22. The largest absolute Gasteiger partial charge is 0.454 e. The summed E-state index contributed by atoms with van der Waals surface area (Å²) in [5, 5.41) is 11.6. The number of rotatable bonds is 6. The van der Waals surface area contributed by atoms with Gasteiger partial charge in [-0.05, 0) is 31.0 Å². The summed E-state index contributed by atoms with van der Waals surface area (Å²) < 4.78 is 5.70. The first-order valence-corrected chi connectivity index (χ1v) is 10.2. The number of halogens is 1. The highest BCUT2D eigenvalue weighted by Gasteiger charge is 2.23. The molecule has 0 N–H and O–H groups in total. The van der Waals surface area contributed by atoms with Crippen LogP contribution in [0.3, 0.4) is 0 Å². The molecule has 29 heavy (non-hydrogen) atoms. The van der Waals surface area contributed by atoms with Gasteiger partial charge in [0, 0.05) is 29.2 Å². The minimum atomic E-state index is -0.768. The van der Waals surface area contributed by atoms with Gasteiger partial charge in [-0.15, -0.1) is 0 Å². The molecule has 1 aliphatic rings. The Labute approximate surface area is 176 Å². The van der Waals surface area contributed by atoms with E-state index in [2.05, 4.69) is 15.9 Å². The van der Waals surface area contributed by atoms with Crippen LogP contribution in [0.25, 0.3) is 0 Å². The average molecular weight is 461 g/mol. The molecule has 3 rings (SSSR count). The van der Waals surface area contributed by atoms with Crippen LogP contribution in [0.15, 0.2) is 46.9 Å². The lowest BCUT2D eigenvalue weighted by molar-refractivity contribution is -0.384. The fourth-order valence-electron chi connectivity index (χ4n) is 3.36. The van der Waals surface area contributed by atoms with E-state index in [0.29, 0.717) is 15.7 Å². The van der Waals surface area contributed by atoms with Crippen LogP contribution in [-0.2, 0) is 4.74 Å². The molecule has 0 unspecified atom stereocenters. The summed E-state index contributed by atoms with van der Waals surface area (Å²) in [6, 6.07) is 11.2. The van der Waals surface area contributed by atoms with E-state index in [1.165, 1.54) is 12.1 Å². The van der Waals surface area contributed by atoms with Crippen molar-refractivity contribution in [1.82, 2.24) is 0 Å². The molecule has 0 radical (unpaired) electrons. The number of ketones is 1. The summed E-state index contributed by atoms with van der Waals surface area (Å²) in [6.45, 7) is 1.07. The normalized spacial score (nSPS) is 14.2. The Hall–Kier alpha value is -2.74. The molecule has 0 aliphatic carbocycles. The monoisotopic (exact) mass is 460 g/mol. The Morgan fingerprint density at radius 2 is 1.76 bits per heavy atom. The third-order valence-electron chi connectivity index (χ3n) is 4.86. The topological polar surface area (TPSA) is 89.8 Å². The zero-order valence-electron chi connectivity index (χ0n) is 15.8. The summed E-state index contributed by atoms with van der Waals surface area (Å²) in [7, 11) is 0. The van der Waals surface area contributed by atoms with Crippen molar-refractivity contribution in [3.05, 3.63) is 68.2 Å². The number of esters is 1. The quantitative estimate of drug-likeness (QED) is 0.266. The number of Topliss-reactive ketones (excluding diaryl/α,β-unsaturated/α-hetero) is 1. The number of nitro benzene ring substituents is 1. The summed E-state index contributed by atoms with van der Waals surface area (Å²) in [5.41, 5.74) is 0.842. The number of ether oxygens (including phenoxy) is 1. The van der Waals surface area contributed by atoms with Crippen LogP contribution < -0.4 is 4.90 Å². The van der Waals surface area contributed by atoms with Crippen LogP contribution in [0.2, 0.25) is 0 Å². The van der Waals surface area contributed by atoms with E-state index in [0.717, 1.165) is 38.8 Å². The van der Waals surface area contributed by atoms with Crippen molar-refractivity contribution in [2.75, 3.05) is 24.6 Å². The smallest absolute Gasteiger partial charge is 0.338 e. The van der Waals surface area contributed by atoms with Crippen molar-refractivity contribution < 1.29 is 19.2 Å². The van der Waals surface area contributed by atoms with Gasteiger partial charge in [-0.3, -0.25) is 14.9 Å². The predicted molar refractivity (Wildman–Crippen MR) is 113 cm³/mol. The number of nitrogens with zero attached hydrogens (tertiary/aromatic N) is 2. The third kappa shape index (κ3) is 5.20. The summed E-state index contributed by atoms with van der Waals surface area (Å²) in [4.78, 5) is 37.7. The first-order valence-electron chi connectivity index (χ1n) is 9.45. The molecule has 8 heteroatoms. The first kappa shape index (κ1) is 21.0. The highest BCUT2D eigenvalue weighted by molar-refractivity contribution is 9.10. The molecular formula is C21H21BrN2O5. The summed E-state index contributed by atoms with van der Waals surface area (Å²) in [6.07, 6.45) is 4.19. The standard InChI is InChI=1S/C21H21BrN2O5/c22-17-8-4-3-7-16(17)20(25)14-29-21(26)15-9-10-18(19(13-15)24(27)28)23-11-5-1-2-6-12-23/h3-4,7-10,13H,1-2,5-6,11-12,14H2. The van der Waals surface area contributed by atoms with E-state index < -0.39 is 17.5 Å². The second-order valence-electron chi connectivity index (χ2n) is 6.84. The molecule has 2 aromatic carbocycles. The van der Waals surface area contributed by atoms with Gasteiger partial charge in [0.15, 0.2) is 6.61 Å². The van der Waals surface area contributed by atoms with Gasteiger partial charge >= 0.3 is 5.97 Å². The van der Waals surface area contributed by atoms with Gasteiger partial charge in [-0.2, -0.15) is 0 Å². The minimum Gasteiger partial charge on any atom is -0.454 e. The molecule has 1 fully saturated rings. The molecule has 1 aliphatic heterocycles. The molecule has 0 aromatic heterocycles. The van der Waals surface area contributed by atoms with E-state index in [9.17, 15) is 19.7 Å². The van der Waals surface area contributed by atoms with Crippen LogP contribution in [0.1, 0.15) is 46.4 Å². The number of carbonyl (C=O) groups excluding carboxylic acids is 2. The zero-order valence-corrected chi connectivity index (χ0v) is 17.4. The molecule has 0 bridgehead atoms. The number of hydrogen-bond donors (Lipinski definition) is 0. The van der Waals surface area contributed by atoms with E-state index >= 15 is 0 Å². The molecule has 2 aromatic rings. The maximum atomic E-state index is 12.4. The molecule has 1 heterocycles. The van der Waals surface area contributed by atoms with Gasteiger partial charge in [-0.1, -0.05) is 47.0 Å². The minimum absolute atomic E-state index is 0.0511. The lowest BCUT2D eigenvalue weighted by atomic mass is 10.1. The van der Waals surface area contributed by atoms with Crippen LogP contribution in [0, 0.1) is 10.1 Å². The van der Waals surface area contributed by atoms with Crippen molar-refractivity contribution >= 4 is 39.1 Å². The second kappa shape index (κ2) is 9.65. The van der Waals surface area contributed by atoms with Gasteiger partial charge in [0.25, 0.3) is 5.69 Å². The van der Waals surface area contributed by atoms with E-state index in [-0.39, 0.29) is 17.0 Å². The Bertz CT molecular complexity index is 923. The van der Waals surface area contributed by atoms with E-state index in [1.807, 2.05) is 4.90 Å². The average Bonchev–Trinajstić information content (AvgIpc) is 3.01. The van der Waals surface area contributed by atoms with Crippen LogP contribution in [0.5, 0.6) is 0 Å². The fraction of sp³-hybridized carbons (Fsp3) is 0.333. The molecule has 0 atom stereocenters. The van der Waals surface area contributed by atoms with Crippen LogP contribution in [0.4, 0.5) is 11.4 Å². The number of carbonyl (C=O) groups is 2. The number of hydrogen-bond acceptors (Lipinski definition) is 6. The third-order valence-corrected chi connectivity index (χ3v) is 5.55. The molecular weight excluding hydrogens is 440 g/mol. The number of anilines is 1. The first-order chi connectivity index (χ1) is 14.0. The predicted octanol–water partition coefficient (Wildman–Crippen LogP) is 4.78. The Morgan fingerprint density at radius 3 is 2.41 bits per heavy atom. The van der Waals surface area contributed by atoms with Crippen molar-refractivity contribution in [2.24, 2.45) is 0 Å².